The highest BCUT2D eigenvalue weighted by Crippen LogP contribution is 2.48. The molecule has 2 aromatic rings. The van der Waals surface area contributed by atoms with Gasteiger partial charge in [0.1, 0.15) is 0 Å². The highest BCUT2D eigenvalue weighted by atomic mass is 16.3. The van der Waals surface area contributed by atoms with E-state index in [1.54, 1.807) is 0 Å². The van der Waals surface area contributed by atoms with Crippen LogP contribution in [0.5, 0.6) is 23.0 Å². The fourth-order valence-electron chi connectivity index (χ4n) is 3.20. The quantitative estimate of drug-likeness (QED) is 0.501. The third kappa shape index (κ3) is 2.84. The van der Waals surface area contributed by atoms with Gasteiger partial charge in [-0.25, -0.2) is 0 Å². The van der Waals surface area contributed by atoms with Gasteiger partial charge in [-0.2, -0.15) is 0 Å². The summed E-state index contributed by atoms with van der Waals surface area (Å²) < 4.78 is 0. The van der Waals surface area contributed by atoms with Gasteiger partial charge in [0.2, 0.25) is 17.1 Å². The number of nitrogens with one attached hydrogen (secondary N) is 1. The Hall–Kier alpha value is -3.22. The van der Waals surface area contributed by atoms with E-state index in [1.807, 2.05) is 0 Å². The molecule has 2 aromatic carbocycles. The van der Waals surface area contributed by atoms with Gasteiger partial charge < -0.3 is 25.7 Å². The summed E-state index contributed by atoms with van der Waals surface area (Å²) in [5, 5.41) is 42.5. The lowest BCUT2D eigenvalue weighted by molar-refractivity contribution is -0.119. The van der Waals surface area contributed by atoms with Crippen molar-refractivity contribution in [3.8, 4) is 34.1 Å². The standard InChI is InChI=1S/C18H17NO6/c1-8(20)19-12-4-2-9-6-15(23)17(24)18(25)16(9)10-3-5-13(21)14(22)7-11(10)12/h3,5-7,12,23-25H,2,4H2,1H3,(H,19,20)(H,21,22). The zero-order valence-electron chi connectivity index (χ0n) is 13.4. The Morgan fingerprint density at radius 2 is 1.80 bits per heavy atom. The van der Waals surface area contributed by atoms with Crippen molar-refractivity contribution >= 4 is 5.91 Å². The van der Waals surface area contributed by atoms with Gasteiger partial charge in [-0.15, -0.1) is 0 Å². The summed E-state index contributed by atoms with van der Waals surface area (Å²) in [7, 11) is 0. The molecule has 0 heterocycles. The van der Waals surface area contributed by atoms with E-state index in [0.717, 1.165) is 0 Å². The SMILES string of the molecule is CC(=O)NC1CCc2cc(O)c(O)c(O)c2-c2ccc(O)c(=O)cc21. The zero-order valence-corrected chi connectivity index (χ0v) is 13.4. The second-order valence-corrected chi connectivity index (χ2v) is 6.01. The lowest BCUT2D eigenvalue weighted by Gasteiger charge is -2.17. The monoisotopic (exact) mass is 343 g/mol. The molecule has 0 bridgehead atoms. The van der Waals surface area contributed by atoms with E-state index in [1.165, 1.54) is 31.2 Å². The maximum Gasteiger partial charge on any atom is 0.220 e. The minimum Gasteiger partial charge on any atom is -0.504 e. The second kappa shape index (κ2) is 6.01. The molecule has 3 rings (SSSR count). The van der Waals surface area contributed by atoms with Crippen LogP contribution in [-0.4, -0.2) is 26.3 Å². The molecule has 0 aliphatic heterocycles. The predicted molar refractivity (Wildman–Crippen MR) is 89.7 cm³/mol. The van der Waals surface area contributed by atoms with Crippen LogP contribution in [-0.2, 0) is 11.2 Å². The topological polar surface area (TPSA) is 127 Å². The molecule has 1 unspecified atom stereocenters. The molecule has 5 N–H and O–H groups in total. The Kier molecular flexibility index (Phi) is 4.00. The van der Waals surface area contributed by atoms with Gasteiger partial charge in [0.25, 0.3) is 0 Å². The largest absolute Gasteiger partial charge is 0.504 e. The summed E-state index contributed by atoms with van der Waals surface area (Å²) in [6.45, 7) is 1.35. The van der Waals surface area contributed by atoms with Crippen molar-refractivity contribution in [1.82, 2.24) is 5.32 Å². The van der Waals surface area contributed by atoms with Gasteiger partial charge in [0, 0.05) is 12.5 Å². The minimum absolute atomic E-state index is 0.258. The Balaban J connectivity index is 2.38. The number of phenolic OH excluding ortho intramolecular Hbond substituents is 3. The van der Waals surface area contributed by atoms with E-state index >= 15 is 0 Å². The summed E-state index contributed by atoms with van der Waals surface area (Å²) >= 11 is 0. The van der Waals surface area contributed by atoms with Gasteiger partial charge in [0.05, 0.1) is 6.04 Å². The molecule has 0 radical (unpaired) electrons. The summed E-state index contributed by atoms with van der Waals surface area (Å²) in [6, 6.07) is 4.67. The summed E-state index contributed by atoms with van der Waals surface area (Å²) in [4.78, 5) is 23.6. The number of carbonyl (C=O) groups is 1. The van der Waals surface area contributed by atoms with Crippen molar-refractivity contribution in [3.63, 3.8) is 0 Å². The highest BCUT2D eigenvalue weighted by Gasteiger charge is 2.27. The van der Waals surface area contributed by atoms with Crippen LogP contribution >= 0.6 is 0 Å². The van der Waals surface area contributed by atoms with Crippen molar-refractivity contribution < 1.29 is 25.2 Å². The Labute approximate surface area is 142 Å². The maximum atomic E-state index is 12.0. The third-order valence-corrected chi connectivity index (χ3v) is 4.32. The molecule has 130 valence electrons. The molecule has 25 heavy (non-hydrogen) atoms. The third-order valence-electron chi connectivity index (χ3n) is 4.32. The van der Waals surface area contributed by atoms with Crippen molar-refractivity contribution in [3.05, 3.63) is 45.6 Å². The number of carbonyl (C=O) groups excluding carboxylic acids is 1. The van der Waals surface area contributed by atoms with E-state index < -0.39 is 34.5 Å². The minimum atomic E-state index is -0.666. The smallest absolute Gasteiger partial charge is 0.220 e. The van der Waals surface area contributed by atoms with Crippen molar-refractivity contribution in [1.29, 1.82) is 0 Å². The lowest BCUT2D eigenvalue weighted by Crippen LogP contribution is -2.26. The van der Waals surface area contributed by atoms with Crippen LogP contribution in [0.1, 0.15) is 30.5 Å². The highest BCUT2D eigenvalue weighted by molar-refractivity contribution is 5.82. The Bertz CT molecular complexity index is 938. The van der Waals surface area contributed by atoms with Crippen LogP contribution in [0.4, 0.5) is 0 Å². The van der Waals surface area contributed by atoms with Crippen LogP contribution in [0.25, 0.3) is 11.1 Å². The van der Waals surface area contributed by atoms with Gasteiger partial charge >= 0.3 is 0 Å². The normalized spacial score (nSPS) is 15.6. The van der Waals surface area contributed by atoms with Gasteiger partial charge in [-0.3, -0.25) is 9.59 Å². The Morgan fingerprint density at radius 3 is 2.48 bits per heavy atom. The van der Waals surface area contributed by atoms with Crippen LogP contribution in [0.3, 0.4) is 0 Å². The number of rotatable bonds is 1. The summed E-state index contributed by atoms with van der Waals surface area (Å²) in [6.07, 6.45) is 0.799. The van der Waals surface area contributed by atoms with Gasteiger partial charge in [-0.1, -0.05) is 6.07 Å². The molecule has 7 heteroatoms. The number of aromatic hydroxyl groups is 4. The molecule has 0 spiro atoms. The number of benzene rings is 1. The van der Waals surface area contributed by atoms with Crippen LogP contribution < -0.4 is 10.7 Å². The van der Waals surface area contributed by atoms with E-state index in [2.05, 4.69) is 5.32 Å². The van der Waals surface area contributed by atoms with Crippen molar-refractivity contribution in [2.45, 2.75) is 25.8 Å². The average molecular weight is 343 g/mol. The Morgan fingerprint density at radius 1 is 1.08 bits per heavy atom. The van der Waals surface area contributed by atoms with E-state index in [9.17, 15) is 30.0 Å². The molecule has 1 aliphatic carbocycles. The molecule has 1 aliphatic rings. The van der Waals surface area contributed by atoms with E-state index in [0.29, 0.717) is 29.5 Å². The zero-order chi connectivity index (χ0) is 18.3. The van der Waals surface area contributed by atoms with Crippen LogP contribution in [0.2, 0.25) is 0 Å². The van der Waals surface area contributed by atoms with E-state index in [4.69, 9.17) is 0 Å². The fourth-order valence-corrected chi connectivity index (χ4v) is 3.20. The maximum absolute atomic E-state index is 12.0. The van der Waals surface area contributed by atoms with Crippen LogP contribution in [0, 0.1) is 0 Å². The first-order chi connectivity index (χ1) is 11.8. The van der Waals surface area contributed by atoms with Crippen LogP contribution in [0.15, 0.2) is 29.1 Å². The number of hydrogen-bond donors (Lipinski definition) is 5. The number of phenols is 3. The van der Waals surface area contributed by atoms with Crippen molar-refractivity contribution in [2.75, 3.05) is 0 Å². The molecular formula is C18H17NO6. The first kappa shape index (κ1) is 16.6. The molecule has 0 aromatic heterocycles. The fraction of sp³-hybridized carbons (Fsp3) is 0.222. The number of fused-ring (bicyclic) bond motifs is 3. The van der Waals surface area contributed by atoms with E-state index in [-0.39, 0.29) is 11.5 Å². The lowest BCUT2D eigenvalue weighted by atomic mass is 9.95. The number of aryl methyl sites for hydroxylation is 1. The summed E-state index contributed by atoms with van der Waals surface area (Å²) in [5.41, 5.74) is 0.992. The van der Waals surface area contributed by atoms with Gasteiger partial charge in [0.15, 0.2) is 17.2 Å². The first-order valence-electron chi connectivity index (χ1n) is 7.71. The molecular weight excluding hydrogens is 326 g/mol. The molecule has 7 nitrogen and oxygen atoms in total. The molecule has 1 amide bonds. The molecule has 0 saturated carbocycles. The molecule has 1 atom stereocenters. The summed E-state index contributed by atoms with van der Waals surface area (Å²) in [5.74, 6) is -2.40. The molecule has 0 saturated heterocycles. The van der Waals surface area contributed by atoms with Gasteiger partial charge in [-0.05, 0) is 47.7 Å². The number of hydrogen-bond acceptors (Lipinski definition) is 6. The average Bonchev–Trinajstić information content (AvgIpc) is 2.77. The predicted octanol–water partition coefficient (Wildman–Crippen LogP) is 1.66. The first-order valence-corrected chi connectivity index (χ1v) is 7.71. The van der Waals surface area contributed by atoms with Crippen molar-refractivity contribution in [2.24, 2.45) is 0 Å². The molecule has 0 fully saturated rings. The number of amides is 1. The second-order valence-electron chi connectivity index (χ2n) is 6.01.